The highest BCUT2D eigenvalue weighted by molar-refractivity contribution is 5.80. The van der Waals surface area contributed by atoms with Gasteiger partial charge in [-0.1, -0.05) is 6.92 Å². The first-order valence-electron chi connectivity index (χ1n) is 6.06. The first-order chi connectivity index (χ1) is 7.04. The number of hydrogen-bond donors (Lipinski definition) is 0. The minimum absolute atomic E-state index is 0.139. The molecule has 2 heterocycles. The van der Waals surface area contributed by atoms with Gasteiger partial charge in [0.15, 0.2) is 0 Å². The molecule has 0 N–H and O–H groups in total. The van der Waals surface area contributed by atoms with Crippen molar-refractivity contribution < 1.29 is 4.79 Å². The van der Waals surface area contributed by atoms with E-state index in [9.17, 15) is 4.79 Å². The Morgan fingerprint density at radius 2 is 1.87 bits per heavy atom. The van der Waals surface area contributed by atoms with E-state index in [-0.39, 0.29) is 5.92 Å². The third-order valence-corrected chi connectivity index (χ3v) is 4.54. The van der Waals surface area contributed by atoms with Gasteiger partial charge >= 0.3 is 0 Å². The van der Waals surface area contributed by atoms with Crippen LogP contribution in [0.15, 0.2) is 0 Å². The average molecular weight is 210 g/mol. The molecule has 0 aromatic carbocycles. The Bertz CT molecular complexity index is 266. The van der Waals surface area contributed by atoms with Crippen LogP contribution in [0.3, 0.4) is 0 Å². The van der Waals surface area contributed by atoms with Gasteiger partial charge in [0.2, 0.25) is 5.91 Å². The molecule has 0 spiro atoms. The zero-order chi connectivity index (χ0) is 11.2. The predicted molar refractivity (Wildman–Crippen MR) is 60.6 cm³/mol. The lowest BCUT2D eigenvalue weighted by Crippen LogP contribution is -2.45. The Kier molecular flexibility index (Phi) is 2.75. The van der Waals surface area contributed by atoms with Crippen molar-refractivity contribution in [1.29, 1.82) is 0 Å². The molecular weight excluding hydrogens is 188 g/mol. The quantitative estimate of drug-likeness (QED) is 0.602. The Morgan fingerprint density at radius 3 is 2.53 bits per heavy atom. The van der Waals surface area contributed by atoms with E-state index in [0.29, 0.717) is 24.0 Å². The molecule has 0 bridgehead atoms. The fourth-order valence-corrected chi connectivity index (χ4v) is 3.03. The number of nitrogens with zero attached hydrogens (tertiary/aromatic N) is 2. The summed E-state index contributed by atoms with van der Waals surface area (Å²) in [5.41, 5.74) is 0. The van der Waals surface area contributed by atoms with E-state index >= 15 is 0 Å². The highest BCUT2D eigenvalue weighted by Crippen LogP contribution is 2.30. The minimum Gasteiger partial charge on any atom is -0.338 e. The maximum Gasteiger partial charge on any atom is 0.227 e. The summed E-state index contributed by atoms with van der Waals surface area (Å²) in [7, 11) is 2.15. The van der Waals surface area contributed by atoms with Crippen molar-refractivity contribution in [3.8, 4) is 0 Å². The molecule has 3 nitrogen and oxygen atoms in total. The first-order valence-corrected chi connectivity index (χ1v) is 6.06. The summed E-state index contributed by atoms with van der Waals surface area (Å²) in [6.07, 6.45) is 2.35. The molecule has 0 aromatic heterocycles. The van der Waals surface area contributed by atoms with Crippen molar-refractivity contribution in [2.75, 3.05) is 13.6 Å². The molecule has 2 aliphatic heterocycles. The molecule has 0 aromatic rings. The second-order valence-corrected chi connectivity index (χ2v) is 5.18. The normalized spacial score (nSPS) is 42.9. The fraction of sp³-hybridized carbons (Fsp3) is 0.917. The zero-order valence-electron chi connectivity index (χ0n) is 10.2. The van der Waals surface area contributed by atoms with Gasteiger partial charge in [0.25, 0.3) is 0 Å². The Labute approximate surface area is 92.4 Å². The number of carbonyl (C=O) groups excluding carboxylic acids is 1. The van der Waals surface area contributed by atoms with Crippen molar-refractivity contribution in [1.82, 2.24) is 9.80 Å². The largest absolute Gasteiger partial charge is 0.338 e. The lowest BCUT2D eigenvalue weighted by atomic mass is 10.0. The summed E-state index contributed by atoms with van der Waals surface area (Å²) >= 11 is 0. The molecule has 2 aliphatic rings. The maximum absolute atomic E-state index is 12.2. The summed E-state index contributed by atoms with van der Waals surface area (Å²) in [5, 5.41) is 0. The number of fused-ring (bicyclic) bond motifs is 1. The molecule has 1 amide bonds. The third-order valence-electron chi connectivity index (χ3n) is 4.54. The van der Waals surface area contributed by atoms with Gasteiger partial charge in [-0.3, -0.25) is 9.69 Å². The van der Waals surface area contributed by atoms with Crippen molar-refractivity contribution in [3.05, 3.63) is 0 Å². The average Bonchev–Trinajstić information content (AvgIpc) is 2.70. The zero-order valence-corrected chi connectivity index (χ0v) is 10.2. The van der Waals surface area contributed by atoms with Crippen molar-refractivity contribution in [2.24, 2.45) is 5.92 Å². The third kappa shape index (κ3) is 1.57. The molecule has 0 saturated carbocycles. The molecule has 2 saturated heterocycles. The second-order valence-electron chi connectivity index (χ2n) is 5.18. The number of amides is 1. The molecule has 15 heavy (non-hydrogen) atoms. The molecular formula is C12H22N2O. The highest BCUT2D eigenvalue weighted by Gasteiger charge is 2.42. The number of likely N-dealkylation sites (N-methyl/N-ethyl adjacent to an activating group) is 1. The van der Waals surface area contributed by atoms with Gasteiger partial charge in [-0.15, -0.1) is 0 Å². The molecule has 2 rings (SSSR count). The van der Waals surface area contributed by atoms with Crippen LogP contribution in [-0.4, -0.2) is 47.4 Å². The Hall–Kier alpha value is -0.570. The Morgan fingerprint density at radius 1 is 1.20 bits per heavy atom. The van der Waals surface area contributed by atoms with Crippen LogP contribution in [0.25, 0.3) is 0 Å². The minimum atomic E-state index is 0.139. The number of hydrogen-bond acceptors (Lipinski definition) is 2. The van der Waals surface area contributed by atoms with Crippen molar-refractivity contribution >= 4 is 5.91 Å². The van der Waals surface area contributed by atoms with Crippen LogP contribution in [-0.2, 0) is 4.79 Å². The smallest absolute Gasteiger partial charge is 0.227 e. The molecule has 0 aliphatic carbocycles. The highest BCUT2D eigenvalue weighted by atomic mass is 16.2. The van der Waals surface area contributed by atoms with Crippen LogP contribution < -0.4 is 0 Å². The maximum atomic E-state index is 12.2. The van der Waals surface area contributed by atoms with E-state index in [1.807, 2.05) is 0 Å². The molecule has 3 heteroatoms. The first kappa shape index (κ1) is 10.9. The van der Waals surface area contributed by atoms with Gasteiger partial charge in [0.05, 0.1) is 5.92 Å². The van der Waals surface area contributed by atoms with Gasteiger partial charge < -0.3 is 4.90 Å². The van der Waals surface area contributed by atoms with Crippen LogP contribution in [0.5, 0.6) is 0 Å². The van der Waals surface area contributed by atoms with Gasteiger partial charge in [-0.25, -0.2) is 0 Å². The fourth-order valence-electron chi connectivity index (χ4n) is 3.03. The summed E-state index contributed by atoms with van der Waals surface area (Å²) in [4.78, 5) is 16.7. The lowest BCUT2D eigenvalue weighted by molar-refractivity contribution is -0.135. The second kappa shape index (κ2) is 3.78. The van der Waals surface area contributed by atoms with Crippen LogP contribution in [0.2, 0.25) is 0 Å². The van der Waals surface area contributed by atoms with E-state index in [4.69, 9.17) is 0 Å². The lowest BCUT2D eigenvalue weighted by Gasteiger charge is -2.33. The monoisotopic (exact) mass is 210 g/mol. The molecule has 2 fully saturated rings. The summed E-state index contributed by atoms with van der Waals surface area (Å²) < 4.78 is 0. The van der Waals surface area contributed by atoms with Crippen LogP contribution in [0.1, 0.15) is 33.6 Å². The van der Waals surface area contributed by atoms with Crippen LogP contribution in [0.4, 0.5) is 0 Å². The SMILES string of the molecule is CC1C(=O)N2CCCC2C(C)N(C)C1C. The van der Waals surface area contributed by atoms with E-state index in [0.717, 1.165) is 6.54 Å². The van der Waals surface area contributed by atoms with E-state index < -0.39 is 0 Å². The van der Waals surface area contributed by atoms with Crippen LogP contribution in [0, 0.1) is 5.92 Å². The van der Waals surface area contributed by atoms with Gasteiger partial charge in [0.1, 0.15) is 0 Å². The summed E-state index contributed by atoms with van der Waals surface area (Å²) in [5.74, 6) is 0.502. The van der Waals surface area contributed by atoms with E-state index in [2.05, 4.69) is 37.6 Å². The molecule has 86 valence electrons. The van der Waals surface area contributed by atoms with Gasteiger partial charge in [-0.2, -0.15) is 0 Å². The number of carbonyl (C=O) groups is 1. The van der Waals surface area contributed by atoms with Crippen molar-refractivity contribution in [2.45, 2.75) is 51.7 Å². The predicted octanol–water partition coefficient (Wildman–Crippen LogP) is 1.34. The van der Waals surface area contributed by atoms with Crippen LogP contribution >= 0.6 is 0 Å². The Balaban J connectivity index is 2.30. The van der Waals surface area contributed by atoms with E-state index in [1.54, 1.807) is 0 Å². The van der Waals surface area contributed by atoms with Gasteiger partial charge in [0, 0.05) is 24.7 Å². The number of rotatable bonds is 0. The topological polar surface area (TPSA) is 23.6 Å². The summed E-state index contributed by atoms with van der Waals surface area (Å²) in [6.45, 7) is 7.46. The molecule has 4 atom stereocenters. The molecule has 4 unspecified atom stereocenters. The summed E-state index contributed by atoms with van der Waals surface area (Å²) in [6, 6.07) is 1.31. The standard InChI is InChI=1S/C12H22N2O/c1-8-9(2)13(4)10(3)11-6-5-7-14(11)12(8)15/h8-11H,5-7H2,1-4H3. The van der Waals surface area contributed by atoms with Gasteiger partial charge in [-0.05, 0) is 33.7 Å². The van der Waals surface area contributed by atoms with E-state index in [1.165, 1.54) is 12.8 Å². The van der Waals surface area contributed by atoms with Crippen molar-refractivity contribution in [3.63, 3.8) is 0 Å². The molecule has 0 radical (unpaired) electrons.